The molecule has 0 aliphatic carbocycles. The second-order valence-corrected chi connectivity index (χ2v) is 7.80. The van der Waals surface area contributed by atoms with Gasteiger partial charge in [0.1, 0.15) is 12.1 Å². The van der Waals surface area contributed by atoms with Gasteiger partial charge in [-0.2, -0.15) is 10.2 Å². The second-order valence-electron chi connectivity index (χ2n) is 7.80. The van der Waals surface area contributed by atoms with Gasteiger partial charge < -0.3 is 14.8 Å². The van der Waals surface area contributed by atoms with Crippen LogP contribution in [-0.4, -0.2) is 39.2 Å². The molecule has 0 saturated heterocycles. The number of carbonyl (C=O) groups is 1. The van der Waals surface area contributed by atoms with E-state index in [-0.39, 0.29) is 24.6 Å². The van der Waals surface area contributed by atoms with Gasteiger partial charge in [0.05, 0.1) is 36.2 Å². The minimum atomic E-state index is -0.349. The van der Waals surface area contributed by atoms with Crippen LogP contribution in [-0.2, 0) is 17.9 Å². The Hall–Kier alpha value is -4.14. The lowest BCUT2D eigenvalue weighted by Crippen LogP contribution is -2.34. The van der Waals surface area contributed by atoms with Crippen LogP contribution < -0.4 is 20.3 Å². The minimum Gasteiger partial charge on any atom is -0.493 e. The number of fused-ring (bicyclic) bond motifs is 1. The molecule has 2 aromatic carbocycles. The van der Waals surface area contributed by atoms with Gasteiger partial charge in [-0.3, -0.25) is 9.59 Å². The second kappa shape index (κ2) is 9.78. The van der Waals surface area contributed by atoms with Gasteiger partial charge in [-0.05, 0) is 50.6 Å². The molecule has 0 radical (unpaired) electrons. The molecule has 0 spiro atoms. The Kier molecular flexibility index (Phi) is 6.62. The first-order chi connectivity index (χ1) is 16.4. The molecule has 0 aliphatic heterocycles. The molecule has 0 aliphatic rings. The van der Waals surface area contributed by atoms with Crippen molar-refractivity contribution in [1.29, 1.82) is 0 Å². The first-order valence-corrected chi connectivity index (χ1v) is 11.0. The number of para-hydroxylation sites is 1. The highest BCUT2D eigenvalue weighted by atomic mass is 16.5. The maximum absolute atomic E-state index is 13.2. The topological polar surface area (TPSA) is 100 Å². The van der Waals surface area contributed by atoms with E-state index in [0.717, 1.165) is 11.3 Å². The zero-order valence-corrected chi connectivity index (χ0v) is 19.7. The molecule has 2 aromatic heterocycles. The van der Waals surface area contributed by atoms with Gasteiger partial charge in [-0.15, -0.1) is 0 Å². The molecule has 0 bridgehead atoms. The predicted molar refractivity (Wildman–Crippen MR) is 129 cm³/mol. The third kappa shape index (κ3) is 4.50. The quantitative estimate of drug-likeness (QED) is 0.433. The summed E-state index contributed by atoms with van der Waals surface area (Å²) >= 11 is 0. The SMILES string of the molecule is CCOc1ccc(CNC(=O)Cn2nc(C)c3nn(-c4ccccc4)c(C)c3c2=O)cc1OC. The summed E-state index contributed by atoms with van der Waals surface area (Å²) in [6, 6.07) is 15.1. The Morgan fingerprint density at radius 3 is 2.53 bits per heavy atom. The third-order valence-electron chi connectivity index (χ3n) is 5.49. The maximum Gasteiger partial charge on any atom is 0.278 e. The molecule has 9 nitrogen and oxygen atoms in total. The Bertz CT molecular complexity index is 1390. The van der Waals surface area contributed by atoms with Crippen LogP contribution in [0.1, 0.15) is 23.9 Å². The highest BCUT2D eigenvalue weighted by molar-refractivity contribution is 5.83. The number of ether oxygens (including phenoxy) is 2. The van der Waals surface area contributed by atoms with E-state index in [0.29, 0.717) is 40.4 Å². The van der Waals surface area contributed by atoms with Crippen molar-refractivity contribution in [3.05, 3.63) is 75.8 Å². The van der Waals surface area contributed by atoms with E-state index in [9.17, 15) is 9.59 Å². The van der Waals surface area contributed by atoms with Gasteiger partial charge >= 0.3 is 0 Å². The van der Waals surface area contributed by atoms with Crippen molar-refractivity contribution in [2.75, 3.05) is 13.7 Å². The van der Waals surface area contributed by atoms with Crippen LogP contribution in [0.2, 0.25) is 0 Å². The molecule has 9 heteroatoms. The van der Waals surface area contributed by atoms with E-state index in [1.807, 2.05) is 56.3 Å². The molecule has 4 aromatic rings. The van der Waals surface area contributed by atoms with Gasteiger partial charge in [0.2, 0.25) is 5.91 Å². The van der Waals surface area contributed by atoms with Crippen LogP contribution in [0.25, 0.3) is 16.6 Å². The number of rotatable bonds is 8. The van der Waals surface area contributed by atoms with E-state index >= 15 is 0 Å². The molecule has 1 N–H and O–H groups in total. The lowest BCUT2D eigenvalue weighted by Gasteiger charge is -2.12. The maximum atomic E-state index is 13.2. The molecule has 0 unspecified atom stereocenters. The molecule has 34 heavy (non-hydrogen) atoms. The largest absolute Gasteiger partial charge is 0.493 e. The molecule has 4 rings (SSSR count). The molecule has 1 amide bonds. The number of aryl methyl sites for hydroxylation is 2. The standard InChI is InChI=1S/C25H27N5O4/c1-5-34-20-12-11-18(13-21(20)33-4)14-26-22(31)15-29-25(32)23-17(3)30(19-9-7-6-8-10-19)28-24(23)16(2)27-29/h6-13H,5,14-15H2,1-4H3,(H,26,31). The Labute approximate surface area is 196 Å². The number of amides is 1. The van der Waals surface area contributed by atoms with Crippen LogP contribution >= 0.6 is 0 Å². The third-order valence-corrected chi connectivity index (χ3v) is 5.49. The molecular weight excluding hydrogens is 434 g/mol. The Morgan fingerprint density at radius 2 is 1.82 bits per heavy atom. The molecule has 0 saturated carbocycles. The summed E-state index contributed by atoms with van der Waals surface area (Å²) in [6.07, 6.45) is 0. The predicted octanol–water partition coefficient (Wildman–Crippen LogP) is 2.92. The van der Waals surface area contributed by atoms with E-state index < -0.39 is 0 Å². The zero-order chi connectivity index (χ0) is 24.2. The number of methoxy groups -OCH3 is 1. The Morgan fingerprint density at radius 1 is 1.06 bits per heavy atom. The number of hydrogen-bond donors (Lipinski definition) is 1. The van der Waals surface area contributed by atoms with Crippen molar-refractivity contribution >= 4 is 16.8 Å². The van der Waals surface area contributed by atoms with Crippen molar-refractivity contribution in [3.63, 3.8) is 0 Å². The molecule has 0 fully saturated rings. The van der Waals surface area contributed by atoms with Gasteiger partial charge in [0.25, 0.3) is 5.56 Å². The van der Waals surface area contributed by atoms with Crippen LogP contribution in [0.3, 0.4) is 0 Å². The van der Waals surface area contributed by atoms with Crippen LogP contribution in [0.5, 0.6) is 11.5 Å². The fourth-order valence-corrected chi connectivity index (χ4v) is 3.83. The number of nitrogens with one attached hydrogen (secondary N) is 1. The summed E-state index contributed by atoms with van der Waals surface area (Å²) in [7, 11) is 1.57. The van der Waals surface area contributed by atoms with Gasteiger partial charge in [-0.1, -0.05) is 24.3 Å². The monoisotopic (exact) mass is 461 g/mol. The summed E-state index contributed by atoms with van der Waals surface area (Å²) in [4.78, 5) is 25.8. The molecule has 0 atom stereocenters. The minimum absolute atomic E-state index is 0.195. The van der Waals surface area contributed by atoms with Crippen molar-refractivity contribution in [1.82, 2.24) is 24.9 Å². The van der Waals surface area contributed by atoms with Crippen molar-refractivity contribution in [3.8, 4) is 17.2 Å². The number of benzene rings is 2. The first kappa shape index (κ1) is 23.0. The number of hydrogen-bond acceptors (Lipinski definition) is 6. The summed E-state index contributed by atoms with van der Waals surface area (Å²) in [5, 5.41) is 12.2. The highest BCUT2D eigenvalue weighted by Crippen LogP contribution is 2.28. The summed E-state index contributed by atoms with van der Waals surface area (Å²) in [5.74, 6) is 0.916. The lowest BCUT2D eigenvalue weighted by atomic mass is 10.2. The number of nitrogens with zero attached hydrogens (tertiary/aromatic N) is 4. The highest BCUT2D eigenvalue weighted by Gasteiger charge is 2.18. The molecule has 176 valence electrons. The van der Waals surface area contributed by atoms with E-state index in [2.05, 4.69) is 15.5 Å². The zero-order valence-electron chi connectivity index (χ0n) is 19.7. The fourth-order valence-electron chi connectivity index (χ4n) is 3.83. The Balaban J connectivity index is 1.54. The average Bonchev–Trinajstić information content (AvgIpc) is 3.20. The van der Waals surface area contributed by atoms with Crippen LogP contribution in [0.4, 0.5) is 0 Å². The van der Waals surface area contributed by atoms with Crippen molar-refractivity contribution in [2.45, 2.75) is 33.9 Å². The van der Waals surface area contributed by atoms with E-state index in [1.165, 1.54) is 4.68 Å². The van der Waals surface area contributed by atoms with Crippen LogP contribution in [0.15, 0.2) is 53.3 Å². The van der Waals surface area contributed by atoms with Gasteiger partial charge in [0, 0.05) is 6.54 Å². The van der Waals surface area contributed by atoms with Gasteiger partial charge in [-0.25, -0.2) is 9.36 Å². The van der Waals surface area contributed by atoms with Crippen molar-refractivity contribution < 1.29 is 14.3 Å². The first-order valence-electron chi connectivity index (χ1n) is 11.0. The van der Waals surface area contributed by atoms with Gasteiger partial charge in [0.15, 0.2) is 11.5 Å². The summed E-state index contributed by atoms with van der Waals surface area (Å²) in [6.45, 7) is 6.14. The normalized spacial score (nSPS) is 10.9. The fraction of sp³-hybridized carbons (Fsp3) is 0.280. The summed E-state index contributed by atoms with van der Waals surface area (Å²) in [5.41, 5.74) is 3.16. The molecular formula is C25H27N5O4. The smallest absolute Gasteiger partial charge is 0.278 e. The van der Waals surface area contributed by atoms with E-state index in [1.54, 1.807) is 24.8 Å². The van der Waals surface area contributed by atoms with Crippen LogP contribution in [0, 0.1) is 13.8 Å². The summed E-state index contributed by atoms with van der Waals surface area (Å²) < 4.78 is 13.8. The number of carbonyl (C=O) groups excluding carboxylic acids is 1. The van der Waals surface area contributed by atoms with E-state index in [4.69, 9.17) is 9.47 Å². The molecule has 2 heterocycles. The van der Waals surface area contributed by atoms with Crippen molar-refractivity contribution in [2.24, 2.45) is 0 Å². The average molecular weight is 462 g/mol. The lowest BCUT2D eigenvalue weighted by molar-refractivity contribution is -0.122. The number of aromatic nitrogens is 4.